The number of carbonyl (C=O) groups excluding carboxylic acids is 1. The largest absolute Gasteiger partial charge is 0.416 e. The highest BCUT2D eigenvalue weighted by Gasteiger charge is 2.24. The number of hydrogen-bond acceptors (Lipinski definition) is 5. The topological polar surface area (TPSA) is 62.5 Å². The number of halogens is 1. The number of amides is 1. The molecule has 7 heteroatoms. The summed E-state index contributed by atoms with van der Waals surface area (Å²) in [5.41, 5.74) is 2.66. The van der Waals surface area contributed by atoms with Crippen LogP contribution in [0.25, 0.3) is 22.9 Å². The summed E-state index contributed by atoms with van der Waals surface area (Å²) in [6.07, 6.45) is 0. The Bertz CT molecular complexity index is 1230. The minimum Gasteiger partial charge on any atom is -0.416 e. The van der Waals surface area contributed by atoms with Crippen LogP contribution in [0.2, 0.25) is 0 Å². The molecule has 160 valence electrons. The molecular formula is C25H21FN4O2. The van der Waals surface area contributed by atoms with Gasteiger partial charge in [0.2, 0.25) is 11.8 Å². The first kappa shape index (κ1) is 19.9. The summed E-state index contributed by atoms with van der Waals surface area (Å²) in [6, 6.07) is 23.5. The van der Waals surface area contributed by atoms with E-state index in [4.69, 9.17) is 4.42 Å². The average molecular weight is 428 g/mol. The van der Waals surface area contributed by atoms with Crippen LogP contribution in [0.5, 0.6) is 0 Å². The molecule has 0 N–H and O–H groups in total. The number of nitrogens with zero attached hydrogens (tertiary/aromatic N) is 4. The van der Waals surface area contributed by atoms with Crippen LogP contribution < -0.4 is 4.90 Å². The number of aromatic nitrogens is 2. The molecule has 0 aliphatic carbocycles. The van der Waals surface area contributed by atoms with Crippen molar-refractivity contribution >= 4 is 11.6 Å². The van der Waals surface area contributed by atoms with Gasteiger partial charge in [0.1, 0.15) is 5.82 Å². The lowest BCUT2D eigenvalue weighted by atomic mass is 10.1. The molecular weight excluding hydrogens is 407 g/mol. The van der Waals surface area contributed by atoms with Crippen molar-refractivity contribution in [2.45, 2.75) is 0 Å². The Labute approximate surface area is 184 Å². The second-order valence-electron chi connectivity index (χ2n) is 7.59. The maximum atomic E-state index is 14.1. The van der Waals surface area contributed by atoms with Gasteiger partial charge in [-0.05, 0) is 42.5 Å². The quantitative estimate of drug-likeness (QED) is 0.479. The molecule has 1 aliphatic heterocycles. The van der Waals surface area contributed by atoms with Gasteiger partial charge in [-0.1, -0.05) is 36.4 Å². The van der Waals surface area contributed by atoms with Crippen LogP contribution in [0, 0.1) is 5.82 Å². The predicted octanol–water partition coefficient (Wildman–Crippen LogP) is 4.51. The van der Waals surface area contributed by atoms with Crippen molar-refractivity contribution < 1.29 is 13.6 Å². The molecule has 2 heterocycles. The Morgan fingerprint density at radius 3 is 2.19 bits per heavy atom. The van der Waals surface area contributed by atoms with E-state index < -0.39 is 0 Å². The number of rotatable bonds is 4. The summed E-state index contributed by atoms with van der Waals surface area (Å²) >= 11 is 0. The number of anilines is 1. The summed E-state index contributed by atoms with van der Waals surface area (Å²) < 4.78 is 19.9. The molecule has 4 aromatic rings. The molecule has 0 radical (unpaired) electrons. The van der Waals surface area contributed by atoms with Gasteiger partial charge in [-0.15, -0.1) is 10.2 Å². The molecule has 1 amide bonds. The molecule has 1 aliphatic rings. The van der Waals surface area contributed by atoms with Crippen LogP contribution in [-0.2, 0) is 0 Å². The van der Waals surface area contributed by atoms with Gasteiger partial charge in [-0.3, -0.25) is 4.79 Å². The molecule has 32 heavy (non-hydrogen) atoms. The van der Waals surface area contributed by atoms with E-state index >= 15 is 0 Å². The van der Waals surface area contributed by atoms with E-state index in [9.17, 15) is 9.18 Å². The van der Waals surface area contributed by atoms with Gasteiger partial charge in [0.25, 0.3) is 5.91 Å². The Balaban J connectivity index is 1.29. The highest BCUT2D eigenvalue weighted by molar-refractivity contribution is 5.95. The molecule has 0 spiro atoms. The van der Waals surface area contributed by atoms with Crippen molar-refractivity contribution in [3.8, 4) is 22.9 Å². The molecule has 1 aromatic heterocycles. The molecule has 0 saturated carbocycles. The summed E-state index contributed by atoms with van der Waals surface area (Å²) in [5, 5.41) is 8.27. The van der Waals surface area contributed by atoms with E-state index in [0.717, 1.165) is 5.56 Å². The van der Waals surface area contributed by atoms with Gasteiger partial charge in [0.15, 0.2) is 0 Å². The summed E-state index contributed by atoms with van der Waals surface area (Å²) in [6.45, 7) is 2.21. The van der Waals surface area contributed by atoms with Crippen LogP contribution in [0.15, 0.2) is 83.3 Å². The number of benzene rings is 3. The minimum absolute atomic E-state index is 0.0668. The lowest BCUT2D eigenvalue weighted by Crippen LogP contribution is -2.49. The monoisotopic (exact) mass is 428 g/mol. The summed E-state index contributed by atoms with van der Waals surface area (Å²) in [4.78, 5) is 16.8. The first-order valence-corrected chi connectivity index (χ1v) is 10.5. The van der Waals surface area contributed by atoms with Crippen molar-refractivity contribution in [3.63, 3.8) is 0 Å². The number of piperazine rings is 1. The lowest BCUT2D eigenvalue weighted by molar-refractivity contribution is 0.0746. The first-order chi connectivity index (χ1) is 15.7. The van der Waals surface area contributed by atoms with Gasteiger partial charge in [-0.25, -0.2) is 4.39 Å². The van der Waals surface area contributed by atoms with E-state index in [0.29, 0.717) is 54.8 Å². The number of carbonyl (C=O) groups is 1. The third-order valence-corrected chi connectivity index (χ3v) is 5.56. The zero-order valence-electron chi connectivity index (χ0n) is 17.3. The molecule has 0 unspecified atom stereocenters. The fourth-order valence-corrected chi connectivity index (χ4v) is 3.86. The zero-order valence-corrected chi connectivity index (χ0v) is 17.3. The third-order valence-electron chi connectivity index (χ3n) is 5.56. The average Bonchev–Trinajstić information content (AvgIpc) is 3.35. The van der Waals surface area contributed by atoms with Crippen LogP contribution in [-0.4, -0.2) is 47.2 Å². The Morgan fingerprint density at radius 2 is 1.44 bits per heavy atom. The molecule has 3 aromatic carbocycles. The maximum absolute atomic E-state index is 14.1. The second-order valence-corrected chi connectivity index (χ2v) is 7.59. The molecule has 0 atom stereocenters. The van der Waals surface area contributed by atoms with E-state index in [-0.39, 0.29) is 11.7 Å². The van der Waals surface area contributed by atoms with Crippen molar-refractivity contribution in [2.75, 3.05) is 31.1 Å². The number of hydrogen-bond donors (Lipinski definition) is 0. The summed E-state index contributed by atoms with van der Waals surface area (Å²) in [7, 11) is 0. The normalized spacial score (nSPS) is 13.9. The SMILES string of the molecule is O=C(c1cccc(-c2nnc(-c3ccccc3)o2)c1)N1CCN(c2ccccc2F)CC1. The van der Waals surface area contributed by atoms with E-state index in [1.807, 2.05) is 53.4 Å². The first-order valence-electron chi connectivity index (χ1n) is 10.5. The molecule has 6 nitrogen and oxygen atoms in total. The van der Waals surface area contributed by atoms with Crippen molar-refractivity contribution in [2.24, 2.45) is 0 Å². The standard InChI is InChI=1S/C25H21FN4O2/c26-21-11-4-5-12-22(21)29-13-15-30(16-14-29)25(31)20-10-6-9-19(17-20)24-28-27-23(32-24)18-7-2-1-3-8-18/h1-12,17H,13-16H2. The highest BCUT2D eigenvalue weighted by atomic mass is 19.1. The second kappa shape index (κ2) is 8.63. The van der Waals surface area contributed by atoms with Crippen LogP contribution >= 0.6 is 0 Å². The van der Waals surface area contributed by atoms with Crippen molar-refractivity contribution in [1.29, 1.82) is 0 Å². The van der Waals surface area contributed by atoms with E-state index in [1.165, 1.54) is 6.07 Å². The molecule has 0 bridgehead atoms. The third kappa shape index (κ3) is 3.97. The van der Waals surface area contributed by atoms with E-state index in [1.54, 1.807) is 29.2 Å². The molecule has 1 saturated heterocycles. The Morgan fingerprint density at radius 1 is 0.781 bits per heavy atom. The Kier molecular flexibility index (Phi) is 5.37. The van der Waals surface area contributed by atoms with Gasteiger partial charge < -0.3 is 14.2 Å². The predicted molar refractivity (Wildman–Crippen MR) is 120 cm³/mol. The maximum Gasteiger partial charge on any atom is 0.253 e. The minimum atomic E-state index is -0.241. The fraction of sp³-hybridized carbons (Fsp3) is 0.160. The van der Waals surface area contributed by atoms with Crippen LogP contribution in [0.4, 0.5) is 10.1 Å². The number of para-hydroxylation sites is 1. The zero-order chi connectivity index (χ0) is 21.9. The Hall–Kier alpha value is -4.00. The van der Waals surface area contributed by atoms with Gasteiger partial charge in [0, 0.05) is 42.9 Å². The van der Waals surface area contributed by atoms with Gasteiger partial charge >= 0.3 is 0 Å². The van der Waals surface area contributed by atoms with Crippen molar-refractivity contribution in [3.05, 3.63) is 90.2 Å². The van der Waals surface area contributed by atoms with E-state index in [2.05, 4.69) is 10.2 Å². The molecule has 1 fully saturated rings. The van der Waals surface area contributed by atoms with Crippen LogP contribution in [0.3, 0.4) is 0 Å². The molecule has 5 rings (SSSR count). The highest BCUT2D eigenvalue weighted by Crippen LogP contribution is 2.25. The smallest absolute Gasteiger partial charge is 0.253 e. The summed E-state index contributed by atoms with van der Waals surface area (Å²) in [5.74, 6) is 0.488. The fourth-order valence-electron chi connectivity index (χ4n) is 3.86. The van der Waals surface area contributed by atoms with Gasteiger partial charge in [-0.2, -0.15) is 0 Å². The van der Waals surface area contributed by atoms with Gasteiger partial charge in [0.05, 0.1) is 5.69 Å². The van der Waals surface area contributed by atoms with Crippen molar-refractivity contribution in [1.82, 2.24) is 15.1 Å². The van der Waals surface area contributed by atoms with Crippen LogP contribution in [0.1, 0.15) is 10.4 Å². The lowest BCUT2D eigenvalue weighted by Gasteiger charge is -2.36.